The fourth-order valence-electron chi connectivity index (χ4n) is 1.84. The Morgan fingerprint density at radius 3 is 2.63 bits per heavy atom. The summed E-state index contributed by atoms with van der Waals surface area (Å²) in [5.74, 6) is 0.533. The fourth-order valence-corrected chi connectivity index (χ4v) is 2.06. The summed E-state index contributed by atoms with van der Waals surface area (Å²) >= 11 is 5.19. The van der Waals surface area contributed by atoms with Gasteiger partial charge in [-0.05, 0) is 23.8 Å². The zero-order chi connectivity index (χ0) is 14.0. The highest BCUT2D eigenvalue weighted by Gasteiger charge is 2.15. The Hall–Kier alpha value is -1.55. The second kappa shape index (κ2) is 5.21. The van der Waals surface area contributed by atoms with Crippen LogP contribution in [0.15, 0.2) is 30.3 Å². The van der Waals surface area contributed by atoms with Crippen molar-refractivity contribution in [1.29, 1.82) is 0 Å². The van der Waals surface area contributed by atoms with Gasteiger partial charge in [-0.2, -0.15) is 0 Å². The van der Waals surface area contributed by atoms with Crippen LogP contribution in [0.25, 0.3) is 0 Å². The van der Waals surface area contributed by atoms with Crippen LogP contribution >= 0.6 is 12.2 Å². The molecule has 0 aliphatic carbocycles. The van der Waals surface area contributed by atoms with Crippen molar-refractivity contribution in [2.24, 2.45) is 0 Å². The molecule has 0 radical (unpaired) electrons. The molecular formula is C15H17FN2S. The molecule has 0 saturated carbocycles. The highest BCUT2D eigenvalue weighted by Crippen LogP contribution is 2.20. The highest BCUT2D eigenvalue weighted by atomic mass is 32.1. The number of hydrogen-bond acceptors (Lipinski definition) is 2. The van der Waals surface area contributed by atoms with Crippen molar-refractivity contribution in [3.05, 3.63) is 57.9 Å². The second-order valence-corrected chi connectivity index (χ2v) is 6.05. The summed E-state index contributed by atoms with van der Waals surface area (Å²) in [7, 11) is 0. The lowest BCUT2D eigenvalue weighted by Crippen LogP contribution is -2.15. The van der Waals surface area contributed by atoms with Gasteiger partial charge in [0.1, 0.15) is 16.3 Å². The predicted octanol–water partition coefficient (Wildman–Crippen LogP) is 4.17. The van der Waals surface area contributed by atoms with Gasteiger partial charge in [-0.15, -0.1) is 0 Å². The molecule has 0 saturated heterocycles. The standard InChI is InChI=1S/C15H17FN2S/c1-15(2,3)12-9-14(19)18-13(17-12)8-10-5-4-6-11(16)7-10/h4-7,9H,8H2,1-3H3,(H,17,18,19). The average Bonchev–Trinajstić information content (AvgIpc) is 2.26. The minimum absolute atomic E-state index is 0.0206. The van der Waals surface area contributed by atoms with E-state index >= 15 is 0 Å². The first kappa shape index (κ1) is 13.9. The molecule has 0 atom stereocenters. The van der Waals surface area contributed by atoms with E-state index in [9.17, 15) is 4.39 Å². The Morgan fingerprint density at radius 2 is 2.00 bits per heavy atom. The molecule has 0 fully saturated rings. The molecule has 0 spiro atoms. The first-order valence-electron chi connectivity index (χ1n) is 6.20. The molecule has 100 valence electrons. The second-order valence-electron chi connectivity index (χ2n) is 5.64. The molecule has 1 N–H and O–H groups in total. The van der Waals surface area contributed by atoms with Crippen molar-refractivity contribution >= 4 is 12.2 Å². The van der Waals surface area contributed by atoms with Crippen LogP contribution in [0.2, 0.25) is 0 Å². The van der Waals surface area contributed by atoms with E-state index in [2.05, 4.69) is 30.7 Å². The first-order chi connectivity index (χ1) is 8.84. The van der Waals surface area contributed by atoms with Gasteiger partial charge in [0.15, 0.2) is 0 Å². The Kier molecular flexibility index (Phi) is 3.80. The van der Waals surface area contributed by atoms with Crippen molar-refractivity contribution in [1.82, 2.24) is 9.97 Å². The third-order valence-electron chi connectivity index (χ3n) is 2.86. The number of rotatable bonds is 2. The van der Waals surface area contributed by atoms with Crippen LogP contribution < -0.4 is 0 Å². The molecule has 0 bridgehead atoms. The number of H-pyrrole nitrogens is 1. The summed E-state index contributed by atoms with van der Waals surface area (Å²) in [5, 5.41) is 0. The molecule has 0 aliphatic rings. The van der Waals surface area contributed by atoms with Gasteiger partial charge in [0.05, 0.1) is 0 Å². The van der Waals surface area contributed by atoms with Crippen molar-refractivity contribution in [2.45, 2.75) is 32.6 Å². The molecule has 19 heavy (non-hydrogen) atoms. The van der Waals surface area contributed by atoms with Crippen LogP contribution in [-0.4, -0.2) is 9.97 Å². The fraction of sp³-hybridized carbons (Fsp3) is 0.333. The lowest BCUT2D eigenvalue weighted by Gasteiger charge is -2.19. The molecule has 2 nitrogen and oxygen atoms in total. The van der Waals surface area contributed by atoms with Gasteiger partial charge in [0, 0.05) is 17.5 Å². The van der Waals surface area contributed by atoms with Gasteiger partial charge in [0.2, 0.25) is 0 Å². The van der Waals surface area contributed by atoms with E-state index in [4.69, 9.17) is 12.2 Å². The van der Waals surface area contributed by atoms with Gasteiger partial charge in [-0.25, -0.2) is 9.37 Å². The Bertz CT molecular complexity index is 641. The number of nitrogens with zero attached hydrogens (tertiary/aromatic N) is 1. The molecular weight excluding hydrogens is 259 g/mol. The van der Waals surface area contributed by atoms with Crippen LogP contribution in [0, 0.1) is 10.5 Å². The minimum atomic E-state index is -0.233. The molecule has 1 aromatic heterocycles. The number of benzene rings is 1. The predicted molar refractivity (Wildman–Crippen MR) is 77.3 cm³/mol. The maximum absolute atomic E-state index is 13.2. The van der Waals surface area contributed by atoms with Crippen molar-refractivity contribution in [2.75, 3.05) is 0 Å². The summed E-state index contributed by atoms with van der Waals surface area (Å²) < 4.78 is 13.7. The van der Waals surface area contributed by atoms with Crippen LogP contribution in [0.4, 0.5) is 4.39 Å². The minimum Gasteiger partial charge on any atom is -0.346 e. The monoisotopic (exact) mass is 276 g/mol. The molecule has 2 aromatic rings. The first-order valence-corrected chi connectivity index (χ1v) is 6.60. The molecule has 0 amide bonds. The summed E-state index contributed by atoms with van der Waals surface area (Å²) in [4.78, 5) is 7.60. The summed E-state index contributed by atoms with van der Waals surface area (Å²) in [6.07, 6.45) is 0.547. The quantitative estimate of drug-likeness (QED) is 0.834. The van der Waals surface area contributed by atoms with Gasteiger partial charge in [-0.1, -0.05) is 45.1 Å². The molecule has 0 aliphatic heterocycles. The third-order valence-corrected chi connectivity index (χ3v) is 3.07. The van der Waals surface area contributed by atoms with E-state index < -0.39 is 0 Å². The topological polar surface area (TPSA) is 28.7 Å². The number of aromatic nitrogens is 2. The van der Waals surface area contributed by atoms with Crippen molar-refractivity contribution in [3.63, 3.8) is 0 Å². The van der Waals surface area contributed by atoms with E-state index in [-0.39, 0.29) is 11.2 Å². The van der Waals surface area contributed by atoms with Gasteiger partial charge >= 0.3 is 0 Å². The summed E-state index contributed by atoms with van der Waals surface area (Å²) in [6.45, 7) is 6.33. The zero-order valence-corrected chi connectivity index (χ0v) is 12.1. The van der Waals surface area contributed by atoms with Gasteiger partial charge in [-0.3, -0.25) is 0 Å². The van der Waals surface area contributed by atoms with Gasteiger partial charge < -0.3 is 4.98 Å². The Labute approximate surface area is 117 Å². The SMILES string of the molecule is CC(C)(C)c1cc(=S)nc(Cc2cccc(F)c2)[nH]1. The van der Waals surface area contributed by atoms with E-state index in [1.54, 1.807) is 6.07 Å². The van der Waals surface area contributed by atoms with E-state index in [0.29, 0.717) is 11.1 Å². The van der Waals surface area contributed by atoms with Crippen LogP contribution in [0.1, 0.15) is 37.9 Å². The summed E-state index contributed by atoms with van der Waals surface area (Å²) in [6, 6.07) is 8.41. The lowest BCUT2D eigenvalue weighted by molar-refractivity contribution is 0.562. The smallest absolute Gasteiger partial charge is 0.130 e. The largest absolute Gasteiger partial charge is 0.346 e. The normalized spacial score (nSPS) is 11.6. The molecule has 0 unspecified atom stereocenters. The van der Waals surface area contributed by atoms with Crippen molar-refractivity contribution in [3.8, 4) is 0 Å². The molecule has 1 aromatic carbocycles. The highest BCUT2D eigenvalue weighted by molar-refractivity contribution is 7.71. The summed E-state index contributed by atoms with van der Waals surface area (Å²) in [5.41, 5.74) is 1.90. The van der Waals surface area contributed by atoms with Gasteiger partial charge in [0.25, 0.3) is 0 Å². The van der Waals surface area contributed by atoms with E-state index in [0.717, 1.165) is 17.1 Å². The Balaban J connectivity index is 2.36. The number of aromatic amines is 1. The molecule has 1 heterocycles. The maximum atomic E-state index is 13.2. The maximum Gasteiger partial charge on any atom is 0.130 e. The zero-order valence-electron chi connectivity index (χ0n) is 11.3. The van der Waals surface area contributed by atoms with Crippen LogP contribution in [0.3, 0.4) is 0 Å². The third kappa shape index (κ3) is 3.70. The van der Waals surface area contributed by atoms with Crippen LogP contribution in [0.5, 0.6) is 0 Å². The van der Waals surface area contributed by atoms with Crippen molar-refractivity contribution < 1.29 is 4.39 Å². The van der Waals surface area contributed by atoms with E-state index in [1.165, 1.54) is 12.1 Å². The number of nitrogens with one attached hydrogen (secondary N) is 1. The molecule has 2 rings (SSSR count). The van der Waals surface area contributed by atoms with E-state index in [1.807, 2.05) is 12.1 Å². The number of hydrogen-bond donors (Lipinski definition) is 1. The molecule has 4 heteroatoms. The van der Waals surface area contributed by atoms with Crippen LogP contribution in [-0.2, 0) is 11.8 Å². The lowest BCUT2D eigenvalue weighted by atomic mass is 9.92. The number of halogens is 1. The average molecular weight is 276 g/mol. The Morgan fingerprint density at radius 1 is 1.26 bits per heavy atom.